The van der Waals surface area contributed by atoms with Crippen molar-refractivity contribution in [3.63, 3.8) is 0 Å². The molecule has 0 saturated carbocycles. The maximum Gasteiger partial charge on any atom is 0.328 e. The number of aliphatic hydroxyl groups excluding tert-OH is 7. The van der Waals surface area contributed by atoms with Crippen LogP contribution in [0.25, 0.3) is 0 Å². The van der Waals surface area contributed by atoms with Crippen LogP contribution in [0.2, 0.25) is 0 Å². The number of benzene rings is 2. The van der Waals surface area contributed by atoms with E-state index in [0.29, 0.717) is 29.1 Å². The molecule has 3 aliphatic heterocycles. The maximum absolute atomic E-state index is 14.9. The van der Waals surface area contributed by atoms with E-state index in [0.717, 1.165) is 82.6 Å². The third kappa shape index (κ3) is 30.9. The first-order chi connectivity index (χ1) is 54.5. The Morgan fingerprint density at radius 3 is 1.63 bits per heavy atom. The van der Waals surface area contributed by atoms with Crippen LogP contribution in [0, 0.1) is 5.92 Å². The van der Waals surface area contributed by atoms with E-state index in [1.807, 2.05) is 30.3 Å². The zero-order valence-corrected chi connectivity index (χ0v) is 66.9. The quantitative estimate of drug-likeness (QED) is 0.0289. The minimum absolute atomic E-state index is 0.0153. The van der Waals surface area contributed by atoms with Crippen molar-refractivity contribution in [2.75, 3.05) is 26.2 Å². The molecule has 0 unspecified atom stereocenters. The van der Waals surface area contributed by atoms with Crippen molar-refractivity contribution in [2.45, 2.75) is 299 Å². The van der Waals surface area contributed by atoms with Crippen molar-refractivity contribution < 1.29 is 112 Å². The minimum Gasteiger partial charge on any atom is -0.489 e. The number of fused-ring (bicyclic) bond motifs is 2. The molecule has 0 spiro atoms. The molecule has 0 radical (unpaired) electrons. The maximum atomic E-state index is 14.9. The van der Waals surface area contributed by atoms with Gasteiger partial charge in [0.05, 0.1) is 62.1 Å². The van der Waals surface area contributed by atoms with E-state index >= 15 is 0 Å². The Morgan fingerprint density at radius 1 is 0.539 bits per heavy atom. The molecule has 3 heterocycles. The van der Waals surface area contributed by atoms with Gasteiger partial charge in [-0.25, -0.2) is 4.79 Å². The molecule has 3 fully saturated rings. The highest BCUT2D eigenvalue weighted by Gasteiger charge is 2.48. The average Bonchev–Trinajstić information content (AvgIpc) is 1.70. The molecule has 115 heavy (non-hydrogen) atoms. The zero-order valence-electron chi connectivity index (χ0n) is 66.9. The number of esters is 1. The van der Waals surface area contributed by atoms with Crippen molar-refractivity contribution in [3.05, 3.63) is 65.7 Å². The van der Waals surface area contributed by atoms with Crippen molar-refractivity contribution in [1.29, 1.82) is 0 Å². The number of carbonyl (C=O) groups is 14. The van der Waals surface area contributed by atoms with Gasteiger partial charge in [-0.3, -0.25) is 62.3 Å². The molecular formula is C78H122N14O23. The van der Waals surface area contributed by atoms with E-state index in [2.05, 4.69) is 60.1 Å². The van der Waals surface area contributed by atoms with Crippen LogP contribution < -0.4 is 69.4 Å². The highest BCUT2D eigenvalue weighted by Crippen LogP contribution is 2.26. The van der Waals surface area contributed by atoms with Gasteiger partial charge in [0, 0.05) is 25.9 Å². The fourth-order valence-corrected chi connectivity index (χ4v) is 13.6. The largest absolute Gasteiger partial charge is 0.489 e. The highest BCUT2D eigenvalue weighted by molar-refractivity contribution is 6.00. The summed E-state index contributed by atoms with van der Waals surface area (Å²) in [5.41, 5.74) is 12.5. The summed E-state index contributed by atoms with van der Waals surface area (Å²) in [6.07, 6.45) is -5.90. The summed E-state index contributed by atoms with van der Waals surface area (Å²) in [7, 11) is 0. The Labute approximate surface area is 669 Å². The standard InChI is InChI=1S/C78H122N14O23/c1-9-10-11-12-13-14-15-16-17-18-22-26-52-37-59(101)85-62(44(5)93)72(107)82-43(4)68(103)84-54(35-48-28-30-51(31-29-48)114-41-49-24-20-19-21-25-49)69(104)87-61(42(2)3)76(111)92-40-50(97)36-55(92)70(105)88-64(46(7)95)74(109)89-65(47(8)96)77(112)91-34-32-56(98)67(91)75(110)90-66(57(99)38-58(80)100)71(106)81-39-60(102)86-63(45(6)94)73(108)83-53(27-23-33-79)78(113)115-52/h19-21,24-25,28-31,42-47,50,52-57,61-67,93-99H,9-18,22-23,26-27,32-41,79H2,1-8H3,(H2,80,100)(H,81,106)(H,82,107)(H,83,108)(H,84,103)(H,85,101)(H,86,102)(H,87,104)(H,88,105)(H,89,109)(H,90,110)/t43-,44-,45-,46-,47-,50-,52-,53+,54+,55+,56+,57-,61+,62-,63-,64-,65+,66+,67+/m1/s1. The van der Waals surface area contributed by atoms with Crippen molar-refractivity contribution >= 4 is 82.8 Å². The van der Waals surface area contributed by atoms with Crippen molar-refractivity contribution in [1.82, 2.24) is 63.0 Å². The van der Waals surface area contributed by atoms with Gasteiger partial charge in [0.1, 0.15) is 84.9 Å². The van der Waals surface area contributed by atoms with Gasteiger partial charge in [-0.05, 0) is 102 Å². The average molecular weight is 1620 g/mol. The number of nitrogens with two attached hydrogens (primary N) is 2. The molecule has 13 amide bonds. The number of cyclic esters (lactones) is 1. The normalized spacial score (nSPS) is 27.1. The molecule has 0 aliphatic carbocycles. The Bertz CT molecular complexity index is 3560. The van der Waals surface area contributed by atoms with Gasteiger partial charge >= 0.3 is 5.97 Å². The second-order valence-electron chi connectivity index (χ2n) is 30.4. The van der Waals surface area contributed by atoms with Crippen molar-refractivity contribution in [3.8, 4) is 5.75 Å². The summed E-state index contributed by atoms with van der Waals surface area (Å²) in [4.78, 5) is 200. The van der Waals surface area contributed by atoms with E-state index in [9.17, 15) is 103 Å². The highest BCUT2D eigenvalue weighted by atomic mass is 16.5. The number of hydrogen-bond donors (Lipinski definition) is 19. The summed E-state index contributed by atoms with van der Waals surface area (Å²) in [5.74, 6) is -16.4. The predicted molar refractivity (Wildman–Crippen MR) is 414 cm³/mol. The van der Waals surface area contributed by atoms with Crippen LogP contribution in [0.4, 0.5) is 0 Å². The number of primary amides is 1. The number of unbranched alkanes of at least 4 members (excludes halogenated alkanes) is 10. The van der Waals surface area contributed by atoms with E-state index in [-0.39, 0.29) is 45.3 Å². The lowest BCUT2D eigenvalue weighted by molar-refractivity contribution is -0.155. The number of ether oxygens (including phenoxy) is 2. The summed E-state index contributed by atoms with van der Waals surface area (Å²) < 4.78 is 12.0. The number of rotatable bonds is 28. The Kier molecular flexibility index (Phi) is 40.2. The van der Waals surface area contributed by atoms with Crippen LogP contribution in [-0.2, 0) is 84.9 Å². The second kappa shape index (κ2) is 48.1. The Hall–Kier alpha value is -9.50. The molecule has 3 saturated heterocycles. The molecule has 3 aliphatic rings. The molecule has 2 aromatic rings. The third-order valence-corrected chi connectivity index (χ3v) is 20.2. The monoisotopic (exact) mass is 1620 g/mol. The van der Waals surface area contributed by atoms with Gasteiger partial charge in [-0.1, -0.05) is 127 Å². The van der Waals surface area contributed by atoms with E-state index < -0.39 is 243 Å². The summed E-state index contributed by atoms with van der Waals surface area (Å²) in [6, 6.07) is -3.99. The molecule has 19 atom stereocenters. The predicted octanol–water partition coefficient (Wildman–Crippen LogP) is -3.60. The Morgan fingerprint density at radius 2 is 1.06 bits per heavy atom. The second-order valence-corrected chi connectivity index (χ2v) is 30.4. The lowest BCUT2D eigenvalue weighted by atomic mass is 9.99. The van der Waals surface area contributed by atoms with Crippen LogP contribution >= 0.6 is 0 Å². The molecule has 5 rings (SSSR count). The molecule has 21 N–H and O–H groups in total. The number of hydrogen-bond acceptors (Lipinski definition) is 24. The summed E-state index contributed by atoms with van der Waals surface area (Å²) in [6.45, 7) is 9.02. The molecule has 642 valence electrons. The van der Waals surface area contributed by atoms with Crippen LogP contribution in [-0.4, -0.2) is 270 Å². The van der Waals surface area contributed by atoms with Gasteiger partial charge in [-0.2, -0.15) is 0 Å². The van der Waals surface area contributed by atoms with Crippen LogP contribution in [0.15, 0.2) is 54.6 Å². The fourth-order valence-electron chi connectivity index (χ4n) is 13.6. The van der Waals surface area contributed by atoms with Gasteiger partial charge in [0.25, 0.3) is 0 Å². The Balaban J connectivity index is 1.55. The first-order valence-electron chi connectivity index (χ1n) is 39.8. The minimum atomic E-state index is -2.22. The summed E-state index contributed by atoms with van der Waals surface area (Å²) >= 11 is 0. The van der Waals surface area contributed by atoms with E-state index in [4.69, 9.17) is 20.9 Å². The first-order valence-corrected chi connectivity index (χ1v) is 39.8. The topological polar surface area (TPSA) is 578 Å². The fraction of sp³-hybridized carbons (Fsp3) is 0.667. The van der Waals surface area contributed by atoms with Gasteiger partial charge in [-0.15, -0.1) is 0 Å². The SMILES string of the molecule is CCCCCCCCCCCCC[C@@H]1CC(=O)N[C@H]([C@@H](C)O)C(=O)N[C@H](C)C(=O)N[C@@H](Cc2ccc(OCc3ccccc3)cc2)C(=O)N[C@@H](C(C)C)C(=O)N2C[C@H](O)C[C@H]2C(=O)N[C@H]([C@@H](C)O)C(=O)N[C@@H]([C@@H](C)O)C(=O)N2CC[C@H](O)[C@H]2C(=O)N[C@@H]([C@H](O)CC(N)=O)C(=O)NCC(=O)N[C@H]([C@@H](C)O)C(=O)N[C@@H](CCCN)C(=O)O1. The summed E-state index contributed by atoms with van der Waals surface area (Å²) in [5, 5.41) is 102. The van der Waals surface area contributed by atoms with Gasteiger partial charge in [0.15, 0.2) is 0 Å². The third-order valence-electron chi connectivity index (χ3n) is 20.2. The van der Waals surface area contributed by atoms with Gasteiger partial charge in [0.2, 0.25) is 76.8 Å². The van der Waals surface area contributed by atoms with Gasteiger partial charge < -0.3 is 120 Å². The number of aliphatic hydroxyl groups is 7. The lowest BCUT2D eigenvalue weighted by Gasteiger charge is -2.34. The van der Waals surface area contributed by atoms with Crippen LogP contribution in [0.5, 0.6) is 5.75 Å². The molecule has 0 bridgehead atoms. The molecule has 37 nitrogen and oxygen atoms in total. The van der Waals surface area contributed by atoms with Crippen LogP contribution in [0.3, 0.4) is 0 Å². The van der Waals surface area contributed by atoms with Crippen molar-refractivity contribution in [2.24, 2.45) is 17.4 Å². The molecular weight excluding hydrogens is 1500 g/mol. The smallest absolute Gasteiger partial charge is 0.328 e. The number of nitrogens with one attached hydrogen (secondary N) is 10. The van der Waals surface area contributed by atoms with E-state index in [1.165, 1.54) is 20.3 Å². The molecule has 2 aromatic carbocycles. The first kappa shape index (κ1) is 96.1. The molecule has 37 heteroatoms. The zero-order chi connectivity index (χ0) is 85.3. The number of amides is 13. The van der Waals surface area contributed by atoms with E-state index in [1.54, 1.807) is 38.1 Å². The lowest BCUT2D eigenvalue weighted by Crippen LogP contribution is -2.64. The molecule has 0 aromatic heterocycles. The number of carbonyl (C=O) groups excluding carboxylic acids is 14. The van der Waals surface area contributed by atoms with Crippen LogP contribution in [0.1, 0.15) is 182 Å². The number of nitrogens with zero attached hydrogens (tertiary/aromatic N) is 2.